The molecule has 1 unspecified atom stereocenters. The first kappa shape index (κ1) is 29.2. The topological polar surface area (TPSA) is 122 Å². The number of carbonyl (C=O) groups excluding carboxylic acids is 1. The number of aliphatic hydroxyl groups excluding tert-OH is 1. The summed E-state index contributed by atoms with van der Waals surface area (Å²) in [5.74, 6) is 0.828. The van der Waals surface area contributed by atoms with Crippen LogP contribution >= 0.6 is 12.4 Å². The van der Waals surface area contributed by atoms with Gasteiger partial charge >= 0.3 is 6.18 Å². The van der Waals surface area contributed by atoms with Crippen LogP contribution in [0.25, 0.3) is 11.4 Å². The van der Waals surface area contributed by atoms with E-state index in [1.807, 2.05) is 13.8 Å². The summed E-state index contributed by atoms with van der Waals surface area (Å²) in [6.07, 6.45) is -4.83. The van der Waals surface area contributed by atoms with Crippen LogP contribution in [0.3, 0.4) is 0 Å². The summed E-state index contributed by atoms with van der Waals surface area (Å²) in [5, 5.41) is 31.2. The second kappa shape index (κ2) is 11.2. The fraction of sp³-hybridized carbons (Fsp3) is 0.400. The van der Waals surface area contributed by atoms with Gasteiger partial charge in [-0.25, -0.2) is 9.67 Å². The van der Waals surface area contributed by atoms with Crippen molar-refractivity contribution in [1.29, 1.82) is 0 Å². The third kappa shape index (κ3) is 6.74. The molecule has 13 heteroatoms. The van der Waals surface area contributed by atoms with Crippen LogP contribution in [0, 0.1) is 6.92 Å². The molecule has 0 saturated heterocycles. The first-order chi connectivity index (χ1) is 17.3. The summed E-state index contributed by atoms with van der Waals surface area (Å²) in [5.41, 5.74) is -0.0327. The highest BCUT2D eigenvalue weighted by Gasteiger charge is 2.30. The van der Waals surface area contributed by atoms with Crippen molar-refractivity contribution in [3.8, 4) is 22.9 Å². The third-order valence-electron chi connectivity index (χ3n) is 6.13. The van der Waals surface area contributed by atoms with Gasteiger partial charge in [0.1, 0.15) is 17.3 Å². The second-order valence-electron chi connectivity index (χ2n) is 9.56. The van der Waals surface area contributed by atoms with E-state index in [1.54, 1.807) is 11.6 Å². The molecule has 3 aromatic rings. The minimum atomic E-state index is -4.41. The van der Waals surface area contributed by atoms with E-state index in [1.165, 1.54) is 24.3 Å². The van der Waals surface area contributed by atoms with E-state index >= 15 is 0 Å². The number of aliphatic hydroxyl groups is 1. The summed E-state index contributed by atoms with van der Waals surface area (Å²) in [6, 6.07) is 7.48. The van der Waals surface area contributed by atoms with Crippen molar-refractivity contribution in [3.05, 3.63) is 53.3 Å². The molecular formula is C25H29ClF3N5O4. The molecule has 1 amide bonds. The normalized spacial score (nSPS) is 14.2. The van der Waals surface area contributed by atoms with E-state index in [2.05, 4.69) is 20.7 Å². The quantitative estimate of drug-likeness (QED) is 0.328. The number of halogens is 4. The van der Waals surface area contributed by atoms with Gasteiger partial charge in [-0.05, 0) is 45.4 Å². The van der Waals surface area contributed by atoms with Gasteiger partial charge in [-0.2, -0.15) is 18.3 Å². The van der Waals surface area contributed by atoms with Crippen LogP contribution in [0.15, 0.2) is 36.4 Å². The highest BCUT2D eigenvalue weighted by atomic mass is 35.5. The summed E-state index contributed by atoms with van der Waals surface area (Å²) < 4.78 is 45.6. The zero-order valence-corrected chi connectivity index (χ0v) is 21.8. The van der Waals surface area contributed by atoms with Crippen molar-refractivity contribution >= 4 is 24.0 Å². The Morgan fingerprint density at radius 1 is 1.21 bits per heavy atom. The van der Waals surface area contributed by atoms with Crippen LogP contribution in [0.4, 0.5) is 18.9 Å². The number of phenolic OH excluding ortho intramolecular Hbond substituents is 1. The predicted octanol–water partition coefficient (Wildman–Crippen LogP) is 4.22. The van der Waals surface area contributed by atoms with Crippen LogP contribution in [0.5, 0.6) is 11.5 Å². The van der Waals surface area contributed by atoms with E-state index < -0.39 is 23.4 Å². The molecule has 0 spiro atoms. The Morgan fingerprint density at radius 3 is 2.55 bits per heavy atom. The molecule has 2 aromatic carbocycles. The minimum Gasteiger partial charge on any atom is -0.508 e. The molecule has 2 heterocycles. The molecule has 4 N–H and O–H groups in total. The van der Waals surface area contributed by atoms with Gasteiger partial charge in [0.25, 0.3) is 5.91 Å². The maximum absolute atomic E-state index is 12.8. The van der Waals surface area contributed by atoms with Gasteiger partial charge in [0.2, 0.25) is 0 Å². The fourth-order valence-electron chi connectivity index (χ4n) is 3.98. The monoisotopic (exact) mass is 555 g/mol. The lowest BCUT2D eigenvalue weighted by Gasteiger charge is -2.29. The van der Waals surface area contributed by atoms with Crippen molar-refractivity contribution in [2.45, 2.75) is 51.6 Å². The van der Waals surface area contributed by atoms with E-state index in [-0.39, 0.29) is 37.2 Å². The van der Waals surface area contributed by atoms with Crippen LogP contribution < -0.4 is 15.4 Å². The molecule has 4 rings (SSSR count). The van der Waals surface area contributed by atoms with Crippen LogP contribution in [0.1, 0.15) is 43.3 Å². The molecule has 9 nitrogen and oxygen atoms in total. The number of rotatable bonds is 8. The number of nitrogens with zero attached hydrogens (tertiary/aromatic N) is 3. The smallest absolute Gasteiger partial charge is 0.416 e. The third-order valence-corrected chi connectivity index (χ3v) is 6.13. The van der Waals surface area contributed by atoms with Gasteiger partial charge in [0, 0.05) is 35.8 Å². The number of ether oxygens (including phenoxy) is 1. The predicted molar refractivity (Wildman–Crippen MR) is 136 cm³/mol. The van der Waals surface area contributed by atoms with Crippen molar-refractivity contribution < 1.29 is 32.9 Å². The lowest BCUT2D eigenvalue weighted by Crippen LogP contribution is -2.42. The van der Waals surface area contributed by atoms with Crippen LogP contribution in [0.2, 0.25) is 0 Å². The van der Waals surface area contributed by atoms with Crippen molar-refractivity contribution in [3.63, 3.8) is 0 Å². The Balaban J connectivity index is 0.00000400. The number of aryl methyl sites for hydroxylation is 2. The molecule has 0 fully saturated rings. The Bertz CT molecular complexity index is 1300. The lowest BCUT2D eigenvalue weighted by molar-refractivity contribution is -0.137. The van der Waals surface area contributed by atoms with Crippen molar-refractivity contribution in [2.24, 2.45) is 0 Å². The van der Waals surface area contributed by atoms with Gasteiger partial charge < -0.3 is 25.6 Å². The number of hydrogen-bond acceptors (Lipinski definition) is 7. The highest BCUT2D eigenvalue weighted by molar-refractivity contribution is 5.96. The Hall–Kier alpha value is -3.35. The van der Waals surface area contributed by atoms with E-state index in [0.29, 0.717) is 47.2 Å². The van der Waals surface area contributed by atoms with E-state index in [9.17, 15) is 28.2 Å². The molecule has 0 aliphatic carbocycles. The fourth-order valence-corrected chi connectivity index (χ4v) is 3.98. The largest absolute Gasteiger partial charge is 0.508 e. The highest BCUT2D eigenvalue weighted by Crippen LogP contribution is 2.39. The SMILES string of the molecule is Cc1nc(-c2ccc(C(F)(F)F)cc2)nn1CCC(C)(C)NCC(O)c1cc(O)cc2c1OCC(=O)N2.Cl. The van der Waals surface area contributed by atoms with Gasteiger partial charge in [-0.15, -0.1) is 12.4 Å². The average molecular weight is 556 g/mol. The van der Waals surface area contributed by atoms with Gasteiger partial charge in [0.05, 0.1) is 17.4 Å². The van der Waals surface area contributed by atoms with Crippen molar-refractivity contribution in [1.82, 2.24) is 20.1 Å². The number of anilines is 1. The molecule has 0 saturated carbocycles. The Morgan fingerprint density at radius 2 is 1.89 bits per heavy atom. The number of fused-ring (bicyclic) bond motifs is 1. The molecule has 0 radical (unpaired) electrons. The van der Waals surface area contributed by atoms with Crippen LogP contribution in [-0.4, -0.2) is 49.6 Å². The first-order valence-electron chi connectivity index (χ1n) is 11.6. The summed E-state index contributed by atoms with van der Waals surface area (Å²) in [7, 11) is 0. The standard InChI is InChI=1S/C25H28F3N5O4.ClH/c1-14-30-23(15-4-6-16(7-5-15)25(26,27)28)32-33(14)9-8-24(2,3)29-12-20(35)18-10-17(34)11-19-22(18)37-13-21(36)31-19;/h4-7,10-11,20,29,34-35H,8-9,12-13H2,1-3H3,(H,31,36);1H. The molecule has 0 bridgehead atoms. The number of β-amino-alcohol motifs (C(OH)–C–C–N with tert-alkyl or cyclic N) is 1. The molecule has 1 atom stereocenters. The summed E-state index contributed by atoms with van der Waals surface area (Å²) in [6.45, 7) is 6.13. The number of aromatic nitrogens is 3. The van der Waals surface area contributed by atoms with E-state index in [4.69, 9.17) is 4.74 Å². The lowest BCUT2D eigenvalue weighted by atomic mass is 9.99. The molecular weight excluding hydrogens is 527 g/mol. The number of phenols is 1. The number of carbonyl (C=O) groups is 1. The summed E-state index contributed by atoms with van der Waals surface area (Å²) in [4.78, 5) is 16.0. The first-order valence-corrected chi connectivity index (χ1v) is 11.6. The Kier molecular flexibility index (Phi) is 8.59. The number of benzene rings is 2. The molecule has 1 aliphatic heterocycles. The number of amides is 1. The number of nitrogens with one attached hydrogen (secondary N) is 2. The number of aromatic hydroxyl groups is 1. The van der Waals surface area contributed by atoms with E-state index in [0.717, 1.165) is 12.1 Å². The zero-order valence-electron chi connectivity index (χ0n) is 21.0. The zero-order chi connectivity index (χ0) is 27.0. The number of hydrogen-bond donors (Lipinski definition) is 4. The summed E-state index contributed by atoms with van der Waals surface area (Å²) >= 11 is 0. The molecule has 38 heavy (non-hydrogen) atoms. The molecule has 1 aliphatic rings. The molecule has 1 aromatic heterocycles. The van der Waals surface area contributed by atoms with Gasteiger partial charge in [-0.3, -0.25) is 4.79 Å². The number of alkyl halides is 3. The maximum Gasteiger partial charge on any atom is 0.416 e. The second-order valence-corrected chi connectivity index (χ2v) is 9.56. The Labute approximate surface area is 223 Å². The maximum atomic E-state index is 12.8. The van der Waals surface area contributed by atoms with Gasteiger partial charge in [0.15, 0.2) is 12.4 Å². The average Bonchev–Trinajstić information content (AvgIpc) is 3.20. The minimum absolute atomic E-state index is 0. The van der Waals surface area contributed by atoms with Crippen LogP contribution in [-0.2, 0) is 17.5 Å². The molecule has 206 valence electrons. The van der Waals surface area contributed by atoms with Gasteiger partial charge in [-0.1, -0.05) is 12.1 Å². The van der Waals surface area contributed by atoms with Crippen molar-refractivity contribution in [2.75, 3.05) is 18.5 Å².